The highest BCUT2D eigenvalue weighted by molar-refractivity contribution is 8.00. The van der Waals surface area contributed by atoms with Crippen LogP contribution in [-0.4, -0.2) is 51.3 Å². The summed E-state index contributed by atoms with van der Waals surface area (Å²) in [7, 11) is 0. The number of aliphatic hydroxyl groups excluding tert-OH is 1. The second-order valence-electron chi connectivity index (χ2n) is 6.10. The highest BCUT2D eigenvalue weighted by Crippen LogP contribution is 2.28. The van der Waals surface area contributed by atoms with Crippen molar-refractivity contribution >= 4 is 28.7 Å². The van der Waals surface area contributed by atoms with Crippen LogP contribution in [0.15, 0.2) is 24.3 Å². The van der Waals surface area contributed by atoms with Crippen molar-refractivity contribution < 1.29 is 9.90 Å². The van der Waals surface area contributed by atoms with Gasteiger partial charge in [0, 0.05) is 19.7 Å². The van der Waals surface area contributed by atoms with E-state index in [1.54, 1.807) is 11.8 Å². The third-order valence-electron chi connectivity index (χ3n) is 4.48. The SMILES string of the molecule is CC(SCC(=O)N1CCC(CO)CC1)c1nc2ccccc2[nH]1. The molecule has 1 aromatic carbocycles. The topological polar surface area (TPSA) is 69.2 Å². The summed E-state index contributed by atoms with van der Waals surface area (Å²) in [5, 5.41) is 9.31. The number of nitrogens with zero attached hydrogens (tertiary/aromatic N) is 2. The van der Waals surface area contributed by atoms with Crippen molar-refractivity contribution in [1.29, 1.82) is 0 Å². The second kappa shape index (κ2) is 7.36. The van der Waals surface area contributed by atoms with E-state index >= 15 is 0 Å². The quantitative estimate of drug-likeness (QED) is 0.882. The van der Waals surface area contributed by atoms with Crippen LogP contribution in [0.5, 0.6) is 0 Å². The number of likely N-dealkylation sites (tertiary alicyclic amines) is 1. The first-order valence-electron chi connectivity index (χ1n) is 8.12. The molecular formula is C17H23N3O2S. The summed E-state index contributed by atoms with van der Waals surface area (Å²) in [4.78, 5) is 22.2. The maximum atomic E-state index is 12.3. The Balaban J connectivity index is 1.52. The predicted octanol–water partition coefficient (Wildman–Crippen LogP) is 2.59. The lowest BCUT2D eigenvalue weighted by atomic mass is 9.98. The largest absolute Gasteiger partial charge is 0.396 e. The highest BCUT2D eigenvalue weighted by Gasteiger charge is 2.23. The number of aromatic amines is 1. The molecule has 2 aromatic rings. The lowest BCUT2D eigenvalue weighted by molar-refractivity contribution is -0.129. The minimum Gasteiger partial charge on any atom is -0.396 e. The number of imidazole rings is 1. The molecular weight excluding hydrogens is 310 g/mol. The summed E-state index contributed by atoms with van der Waals surface area (Å²) >= 11 is 1.62. The van der Waals surface area contributed by atoms with Gasteiger partial charge in [0.2, 0.25) is 5.91 Å². The van der Waals surface area contributed by atoms with E-state index in [0.29, 0.717) is 11.7 Å². The molecule has 1 amide bonds. The Morgan fingerprint density at radius 3 is 2.87 bits per heavy atom. The van der Waals surface area contributed by atoms with Crippen molar-refractivity contribution in [3.63, 3.8) is 0 Å². The number of amides is 1. The molecule has 6 heteroatoms. The molecule has 23 heavy (non-hydrogen) atoms. The van der Waals surface area contributed by atoms with Crippen molar-refractivity contribution in [2.45, 2.75) is 25.0 Å². The number of rotatable bonds is 5. The number of carbonyl (C=O) groups excluding carboxylic acids is 1. The van der Waals surface area contributed by atoms with Gasteiger partial charge in [-0.15, -0.1) is 11.8 Å². The van der Waals surface area contributed by atoms with Crippen LogP contribution < -0.4 is 0 Å². The number of para-hydroxylation sites is 2. The number of benzene rings is 1. The van der Waals surface area contributed by atoms with E-state index in [4.69, 9.17) is 5.11 Å². The van der Waals surface area contributed by atoms with Gasteiger partial charge in [0.1, 0.15) is 5.82 Å². The van der Waals surface area contributed by atoms with Crippen LogP contribution in [0, 0.1) is 5.92 Å². The van der Waals surface area contributed by atoms with Crippen molar-refractivity contribution in [1.82, 2.24) is 14.9 Å². The van der Waals surface area contributed by atoms with Crippen LogP contribution in [0.3, 0.4) is 0 Å². The molecule has 0 spiro atoms. The zero-order valence-corrected chi connectivity index (χ0v) is 14.2. The van der Waals surface area contributed by atoms with Crippen LogP contribution in [-0.2, 0) is 4.79 Å². The maximum absolute atomic E-state index is 12.3. The Labute approximate surface area is 140 Å². The molecule has 0 radical (unpaired) electrons. The number of carbonyl (C=O) groups is 1. The van der Waals surface area contributed by atoms with E-state index < -0.39 is 0 Å². The minimum atomic E-state index is 0.154. The summed E-state index contributed by atoms with van der Waals surface area (Å²) in [5.74, 6) is 1.95. The number of fused-ring (bicyclic) bond motifs is 1. The normalized spacial score (nSPS) is 17.6. The number of hydrogen-bond donors (Lipinski definition) is 2. The number of aliphatic hydroxyl groups is 1. The Morgan fingerprint density at radius 1 is 1.43 bits per heavy atom. The molecule has 0 saturated carbocycles. The average Bonchev–Trinajstić information content (AvgIpc) is 3.03. The van der Waals surface area contributed by atoms with Crippen LogP contribution in [0.25, 0.3) is 11.0 Å². The molecule has 2 heterocycles. The van der Waals surface area contributed by atoms with Crippen molar-refractivity contribution in [2.75, 3.05) is 25.4 Å². The molecule has 1 unspecified atom stereocenters. The number of thioether (sulfide) groups is 1. The van der Waals surface area contributed by atoms with Gasteiger partial charge in [-0.25, -0.2) is 4.98 Å². The van der Waals surface area contributed by atoms with Gasteiger partial charge < -0.3 is 15.0 Å². The standard InChI is InChI=1S/C17H23N3O2S/c1-12(17-18-14-4-2-3-5-15(14)19-17)23-11-16(22)20-8-6-13(10-21)7-9-20/h2-5,12-13,21H,6-11H2,1H3,(H,18,19). The number of piperidine rings is 1. The number of nitrogens with one attached hydrogen (secondary N) is 1. The first kappa shape index (κ1) is 16.3. The Bertz CT molecular complexity index is 632. The van der Waals surface area contributed by atoms with E-state index in [1.807, 2.05) is 29.2 Å². The van der Waals surface area contributed by atoms with Crippen LogP contribution in [0.2, 0.25) is 0 Å². The summed E-state index contributed by atoms with van der Waals surface area (Å²) in [6.07, 6.45) is 1.82. The van der Waals surface area contributed by atoms with Crippen molar-refractivity contribution in [3.05, 3.63) is 30.1 Å². The van der Waals surface area contributed by atoms with Crippen LogP contribution in [0.1, 0.15) is 30.8 Å². The monoisotopic (exact) mass is 333 g/mol. The van der Waals surface area contributed by atoms with Crippen molar-refractivity contribution in [3.8, 4) is 0 Å². The fourth-order valence-corrected chi connectivity index (χ4v) is 3.74. The van der Waals surface area contributed by atoms with Crippen LogP contribution >= 0.6 is 11.8 Å². The second-order valence-corrected chi connectivity index (χ2v) is 7.43. The van der Waals surface area contributed by atoms with Crippen molar-refractivity contribution in [2.24, 2.45) is 5.92 Å². The molecule has 0 aliphatic carbocycles. The average molecular weight is 333 g/mol. The highest BCUT2D eigenvalue weighted by atomic mass is 32.2. The molecule has 1 aromatic heterocycles. The van der Waals surface area contributed by atoms with E-state index in [-0.39, 0.29) is 17.8 Å². The smallest absolute Gasteiger partial charge is 0.232 e. The van der Waals surface area contributed by atoms with Gasteiger partial charge in [0.15, 0.2) is 0 Å². The summed E-state index contributed by atoms with van der Waals surface area (Å²) in [6, 6.07) is 7.97. The molecule has 1 fully saturated rings. The maximum Gasteiger partial charge on any atom is 0.232 e. The Morgan fingerprint density at radius 2 is 2.17 bits per heavy atom. The molecule has 1 aliphatic rings. The zero-order valence-electron chi connectivity index (χ0n) is 13.4. The third-order valence-corrected chi connectivity index (χ3v) is 5.61. The molecule has 2 N–H and O–H groups in total. The van der Waals surface area contributed by atoms with Gasteiger partial charge in [-0.1, -0.05) is 12.1 Å². The van der Waals surface area contributed by atoms with E-state index in [2.05, 4.69) is 16.9 Å². The summed E-state index contributed by atoms with van der Waals surface area (Å²) in [5.41, 5.74) is 2.00. The fraction of sp³-hybridized carbons (Fsp3) is 0.529. The van der Waals surface area contributed by atoms with Gasteiger partial charge in [-0.05, 0) is 37.8 Å². The molecule has 1 aliphatic heterocycles. The molecule has 1 atom stereocenters. The molecule has 1 saturated heterocycles. The third kappa shape index (κ3) is 3.87. The first-order chi connectivity index (χ1) is 11.2. The summed E-state index contributed by atoms with van der Waals surface area (Å²) in [6.45, 7) is 3.85. The minimum absolute atomic E-state index is 0.154. The Hall–Kier alpha value is -1.53. The zero-order chi connectivity index (χ0) is 16.2. The van der Waals surface area contributed by atoms with E-state index in [1.165, 1.54) is 0 Å². The molecule has 5 nitrogen and oxygen atoms in total. The van der Waals surface area contributed by atoms with Gasteiger partial charge >= 0.3 is 0 Å². The van der Waals surface area contributed by atoms with Gasteiger partial charge in [-0.2, -0.15) is 0 Å². The van der Waals surface area contributed by atoms with Gasteiger partial charge in [0.25, 0.3) is 0 Å². The van der Waals surface area contributed by atoms with Gasteiger partial charge in [-0.3, -0.25) is 4.79 Å². The van der Waals surface area contributed by atoms with E-state index in [9.17, 15) is 4.79 Å². The predicted molar refractivity (Wildman–Crippen MR) is 93.4 cm³/mol. The van der Waals surface area contributed by atoms with Crippen LogP contribution in [0.4, 0.5) is 0 Å². The molecule has 124 valence electrons. The molecule has 3 rings (SSSR count). The van der Waals surface area contributed by atoms with E-state index in [0.717, 1.165) is 42.8 Å². The first-order valence-corrected chi connectivity index (χ1v) is 9.17. The lowest BCUT2D eigenvalue weighted by Gasteiger charge is -2.31. The number of hydrogen-bond acceptors (Lipinski definition) is 4. The number of H-pyrrole nitrogens is 1. The lowest BCUT2D eigenvalue weighted by Crippen LogP contribution is -2.40. The fourth-order valence-electron chi connectivity index (χ4n) is 2.90. The van der Waals surface area contributed by atoms with Gasteiger partial charge in [0.05, 0.1) is 22.0 Å². The Kier molecular flexibility index (Phi) is 5.23. The summed E-state index contributed by atoms with van der Waals surface area (Å²) < 4.78 is 0. The molecule has 0 bridgehead atoms. The number of aromatic nitrogens is 2.